The largest absolute Gasteiger partial charge is 0.277 e. The van der Waals surface area contributed by atoms with Gasteiger partial charge < -0.3 is 0 Å². The third-order valence-electron chi connectivity index (χ3n) is 3.14. The zero-order valence-electron chi connectivity index (χ0n) is 9.45. The van der Waals surface area contributed by atoms with Gasteiger partial charge in [0.15, 0.2) is 0 Å². The quantitative estimate of drug-likeness (QED) is 0.822. The fourth-order valence-corrected chi connectivity index (χ4v) is 1.94. The monoisotopic (exact) mass is 218 g/mol. The Balaban J connectivity index is 2.29. The second kappa shape index (κ2) is 3.17. The molecule has 0 aromatic carbocycles. The van der Waals surface area contributed by atoms with E-state index in [9.17, 15) is 4.79 Å². The summed E-state index contributed by atoms with van der Waals surface area (Å²) in [6.45, 7) is 3.82. The SMILES string of the molecule is CCc1nc2nc(C3CC3)[nH]n2c(=O)c1C. The summed E-state index contributed by atoms with van der Waals surface area (Å²) in [6.07, 6.45) is 3.09. The molecule has 16 heavy (non-hydrogen) atoms. The highest BCUT2D eigenvalue weighted by Crippen LogP contribution is 2.37. The number of H-pyrrole nitrogens is 1. The van der Waals surface area contributed by atoms with Crippen LogP contribution in [0, 0.1) is 6.92 Å². The van der Waals surface area contributed by atoms with E-state index in [4.69, 9.17) is 0 Å². The van der Waals surface area contributed by atoms with Crippen molar-refractivity contribution in [3.8, 4) is 0 Å². The molecule has 5 heteroatoms. The van der Waals surface area contributed by atoms with E-state index in [2.05, 4.69) is 15.1 Å². The molecule has 1 N–H and O–H groups in total. The molecule has 1 saturated carbocycles. The Morgan fingerprint density at radius 2 is 2.19 bits per heavy atom. The molecule has 1 aliphatic carbocycles. The Labute approximate surface area is 92.5 Å². The van der Waals surface area contributed by atoms with Crippen LogP contribution in [0.4, 0.5) is 0 Å². The Bertz CT molecular complexity index is 606. The topological polar surface area (TPSA) is 63.1 Å². The minimum absolute atomic E-state index is 0.0266. The Hall–Kier alpha value is -1.65. The number of fused-ring (bicyclic) bond motifs is 1. The van der Waals surface area contributed by atoms with E-state index in [0.29, 0.717) is 17.3 Å². The van der Waals surface area contributed by atoms with Crippen LogP contribution in [-0.4, -0.2) is 19.6 Å². The van der Waals surface area contributed by atoms with Crippen molar-refractivity contribution in [3.05, 3.63) is 27.4 Å². The van der Waals surface area contributed by atoms with E-state index < -0.39 is 0 Å². The summed E-state index contributed by atoms with van der Waals surface area (Å²) in [5, 5.41) is 3.05. The molecule has 1 aliphatic rings. The first-order chi connectivity index (χ1) is 7.70. The maximum absolute atomic E-state index is 12.0. The van der Waals surface area contributed by atoms with Gasteiger partial charge in [0.1, 0.15) is 5.82 Å². The van der Waals surface area contributed by atoms with Crippen LogP contribution in [0.25, 0.3) is 5.78 Å². The summed E-state index contributed by atoms with van der Waals surface area (Å²) in [7, 11) is 0. The van der Waals surface area contributed by atoms with Crippen LogP contribution in [0.1, 0.15) is 42.8 Å². The Morgan fingerprint density at radius 1 is 1.44 bits per heavy atom. The van der Waals surface area contributed by atoms with E-state index in [0.717, 1.165) is 30.8 Å². The molecule has 0 spiro atoms. The van der Waals surface area contributed by atoms with Crippen molar-refractivity contribution in [1.29, 1.82) is 0 Å². The predicted octanol–water partition coefficient (Wildman–Crippen LogP) is 1.17. The summed E-state index contributed by atoms with van der Waals surface area (Å²) in [4.78, 5) is 20.8. The van der Waals surface area contributed by atoms with E-state index in [1.165, 1.54) is 4.52 Å². The van der Waals surface area contributed by atoms with E-state index in [1.54, 1.807) is 0 Å². The van der Waals surface area contributed by atoms with Crippen molar-refractivity contribution in [2.24, 2.45) is 0 Å². The molecule has 0 amide bonds. The first kappa shape index (κ1) is 9.57. The summed E-state index contributed by atoms with van der Waals surface area (Å²) in [6, 6.07) is 0. The predicted molar refractivity (Wildman–Crippen MR) is 59.7 cm³/mol. The van der Waals surface area contributed by atoms with Crippen LogP contribution in [0.2, 0.25) is 0 Å². The molecule has 0 bridgehead atoms. The molecule has 2 heterocycles. The zero-order valence-corrected chi connectivity index (χ0v) is 9.45. The van der Waals surface area contributed by atoms with Gasteiger partial charge in [-0.25, -0.2) is 4.98 Å². The van der Waals surface area contributed by atoms with Crippen molar-refractivity contribution >= 4 is 5.78 Å². The summed E-state index contributed by atoms with van der Waals surface area (Å²) >= 11 is 0. The molecule has 0 unspecified atom stereocenters. The van der Waals surface area contributed by atoms with Crippen molar-refractivity contribution in [2.45, 2.75) is 39.0 Å². The molecule has 2 aromatic rings. The van der Waals surface area contributed by atoms with Crippen LogP contribution >= 0.6 is 0 Å². The first-order valence-electron chi connectivity index (χ1n) is 5.69. The van der Waals surface area contributed by atoms with E-state index in [-0.39, 0.29) is 5.56 Å². The van der Waals surface area contributed by atoms with Crippen molar-refractivity contribution in [1.82, 2.24) is 19.6 Å². The summed E-state index contributed by atoms with van der Waals surface area (Å²) in [5.74, 6) is 1.91. The lowest BCUT2D eigenvalue weighted by Gasteiger charge is -2.00. The lowest BCUT2D eigenvalue weighted by molar-refractivity contribution is 0.826. The fourth-order valence-electron chi connectivity index (χ4n) is 1.94. The molecule has 0 aliphatic heterocycles. The maximum Gasteiger partial charge on any atom is 0.277 e. The summed E-state index contributed by atoms with van der Waals surface area (Å²) < 4.78 is 1.46. The average molecular weight is 218 g/mol. The van der Waals surface area contributed by atoms with Gasteiger partial charge in [0.25, 0.3) is 11.3 Å². The number of nitrogens with zero attached hydrogens (tertiary/aromatic N) is 3. The second-order valence-corrected chi connectivity index (χ2v) is 4.36. The third kappa shape index (κ3) is 1.27. The highest BCUT2D eigenvalue weighted by Gasteiger charge is 2.27. The van der Waals surface area contributed by atoms with Gasteiger partial charge in [0, 0.05) is 11.5 Å². The third-order valence-corrected chi connectivity index (χ3v) is 3.14. The number of hydrogen-bond acceptors (Lipinski definition) is 3. The van der Waals surface area contributed by atoms with E-state index >= 15 is 0 Å². The molecule has 0 atom stereocenters. The van der Waals surface area contributed by atoms with Gasteiger partial charge >= 0.3 is 0 Å². The number of rotatable bonds is 2. The number of aryl methyl sites for hydroxylation is 1. The van der Waals surface area contributed by atoms with Crippen LogP contribution in [0.15, 0.2) is 4.79 Å². The van der Waals surface area contributed by atoms with Gasteiger partial charge in [-0.2, -0.15) is 9.50 Å². The van der Waals surface area contributed by atoms with Crippen LogP contribution in [0.3, 0.4) is 0 Å². The molecule has 1 fully saturated rings. The zero-order chi connectivity index (χ0) is 11.3. The molecule has 0 saturated heterocycles. The summed E-state index contributed by atoms with van der Waals surface area (Å²) in [5.41, 5.74) is 1.53. The standard InChI is InChI=1S/C11H14N4O/c1-3-8-6(2)10(16)15-11(12-8)13-9(14-15)7-4-5-7/h7H,3-5H2,1-2H3,(H,12,13,14). The van der Waals surface area contributed by atoms with Gasteiger partial charge in [-0.3, -0.25) is 9.89 Å². The minimum Gasteiger partial charge on any atom is -0.275 e. The Morgan fingerprint density at radius 3 is 2.81 bits per heavy atom. The molecule has 84 valence electrons. The normalized spacial score (nSPS) is 15.9. The molecular formula is C11H14N4O. The molecule has 2 aromatic heterocycles. The number of nitrogens with one attached hydrogen (secondary N) is 1. The highest BCUT2D eigenvalue weighted by molar-refractivity contribution is 5.33. The average Bonchev–Trinajstić information content (AvgIpc) is 3.04. The Kier molecular flexibility index (Phi) is 1.89. The van der Waals surface area contributed by atoms with Crippen molar-refractivity contribution in [2.75, 3.05) is 0 Å². The molecule has 3 rings (SSSR count). The molecule has 5 nitrogen and oxygen atoms in total. The van der Waals surface area contributed by atoms with Gasteiger partial charge in [-0.05, 0) is 26.2 Å². The van der Waals surface area contributed by atoms with Crippen LogP contribution in [0.5, 0.6) is 0 Å². The first-order valence-corrected chi connectivity index (χ1v) is 5.69. The second-order valence-electron chi connectivity index (χ2n) is 4.36. The van der Waals surface area contributed by atoms with Gasteiger partial charge in [0.05, 0.1) is 5.69 Å². The molecule has 0 radical (unpaired) electrons. The number of aromatic amines is 1. The van der Waals surface area contributed by atoms with Gasteiger partial charge in [-0.1, -0.05) is 6.92 Å². The van der Waals surface area contributed by atoms with Crippen molar-refractivity contribution in [3.63, 3.8) is 0 Å². The minimum atomic E-state index is -0.0266. The maximum atomic E-state index is 12.0. The van der Waals surface area contributed by atoms with Crippen molar-refractivity contribution < 1.29 is 0 Å². The fraction of sp³-hybridized carbons (Fsp3) is 0.545. The number of aromatic nitrogens is 4. The molecular weight excluding hydrogens is 204 g/mol. The number of hydrogen-bond donors (Lipinski definition) is 1. The lowest BCUT2D eigenvalue weighted by Crippen LogP contribution is -2.20. The van der Waals surface area contributed by atoms with Crippen LogP contribution < -0.4 is 5.56 Å². The highest BCUT2D eigenvalue weighted by atomic mass is 16.1. The smallest absolute Gasteiger partial charge is 0.275 e. The van der Waals surface area contributed by atoms with Crippen LogP contribution in [-0.2, 0) is 6.42 Å². The van der Waals surface area contributed by atoms with Gasteiger partial charge in [0.2, 0.25) is 0 Å². The van der Waals surface area contributed by atoms with Gasteiger partial charge in [-0.15, -0.1) is 0 Å². The van der Waals surface area contributed by atoms with E-state index in [1.807, 2.05) is 13.8 Å². The lowest BCUT2D eigenvalue weighted by atomic mass is 10.2.